The van der Waals surface area contributed by atoms with Crippen LogP contribution in [0.1, 0.15) is 34.5 Å². The minimum Gasteiger partial charge on any atom is -0.395 e. The minimum absolute atomic E-state index is 0.0596. The van der Waals surface area contributed by atoms with E-state index in [-0.39, 0.29) is 29.0 Å². The molecule has 2 aliphatic heterocycles. The zero-order chi connectivity index (χ0) is 23.2. The standard InChI is InChI=1S/C23H21F2N3O5/c24-23(25)32-18-3-1-15(13-19(18)33-23)2-4-20(29)27-9-11-28(12-10-27)21(30)17-14-16(5-8-26-17)22(31)6-7-22/h1-5,8,13-14,31H,6-7,9-12H2/b4-2+. The second-order valence-electron chi connectivity index (χ2n) is 8.29. The number of carbonyl (C=O) groups excluding carboxylic acids is 2. The van der Waals surface area contributed by atoms with E-state index in [1.165, 1.54) is 30.5 Å². The Morgan fingerprint density at radius 2 is 1.70 bits per heavy atom. The van der Waals surface area contributed by atoms with E-state index in [1.54, 1.807) is 28.0 Å². The third-order valence-electron chi connectivity index (χ3n) is 5.96. The number of hydrogen-bond donors (Lipinski definition) is 1. The molecular weight excluding hydrogens is 436 g/mol. The Morgan fingerprint density at radius 3 is 2.42 bits per heavy atom. The van der Waals surface area contributed by atoms with Crippen LogP contribution >= 0.6 is 0 Å². The average Bonchev–Trinajstić information content (AvgIpc) is 3.48. The summed E-state index contributed by atoms with van der Waals surface area (Å²) in [6.07, 6.45) is 2.06. The monoisotopic (exact) mass is 457 g/mol. The number of alkyl halides is 2. The first-order valence-electron chi connectivity index (χ1n) is 10.6. The normalized spacial score (nSPS) is 20.2. The molecule has 1 aliphatic carbocycles. The number of benzene rings is 1. The molecule has 0 atom stereocenters. The van der Waals surface area contributed by atoms with Gasteiger partial charge in [0.15, 0.2) is 11.5 Å². The Labute approximate surface area is 188 Å². The summed E-state index contributed by atoms with van der Waals surface area (Å²) in [7, 11) is 0. The van der Waals surface area contributed by atoms with Gasteiger partial charge in [-0.3, -0.25) is 14.6 Å². The van der Waals surface area contributed by atoms with Gasteiger partial charge in [0.25, 0.3) is 5.91 Å². The first-order chi connectivity index (χ1) is 15.7. The van der Waals surface area contributed by atoms with Gasteiger partial charge in [0.1, 0.15) is 5.69 Å². The highest BCUT2D eigenvalue weighted by atomic mass is 19.3. The van der Waals surface area contributed by atoms with Crippen molar-refractivity contribution < 1.29 is 33.0 Å². The van der Waals surface area contributed by atoms with Crippen LogP contribution in [0.25, 0.3) is 6.08 Å². The van der Waals surface area contributed by atoms with Crippen molar-refractivity contribution in [1.82, 2.24) is 14.8 Å². The molecule has 0 spiro atoms. The molecule has 8 nitrogen and oxygen atoms in total. The number of carbonyl (C=O) groups is 2. The minimum atomic E-state index is -3.69. The van der Waals surface area contributed by atoms with E-state index in [0.29, 0.717) is 50.1 Å². The number of amides is 2. The van der Waals surface area contributed by atoms with Crippen molar-refractivity contribution in [1.29, 1.82) is 0 Å². The Balaban J connectivity index is 1.17. The predicted octanol–water partition coefficient (Wildman–Crippen LogP) is 2.38. The zero-order valence-electron chi connectivity index (χ0n) is 17.5. The second kappa shape index (κ2) is 7.80. The summed E-state index contributed by atoms with van der Waals surface area (Å²) in [5.41, 5.74) is 0.655. The van der Waals surface area contributed by atoms with E-state index < -0.39 is 11.9 Å². The number of piperazine rings is 1. The van der Waals surface area contributed by atoms with Crippen molar-refractivity contribution in [2.24, 2.45) is 0 Å². The van der Waals surface area contributed by atoms with Gasteiger partial charge in [-0.05, 0) is 54.3 Å². The summed E-state index contributed by atoms with van der Waals surface area (Å²) in [5, 5.41) is 10.3. The first kappa shape index (κ1) is 21.3. The molecule has 1 saturated carbocycles. The summed E-state index contributed by atoms with van der Waals surface area (Å²) in [4.78, 5) is 32.7. The number of halogens is 2. The molecular formula is C23H21F2N3O5. The lowest BCUT2D eigenvalue weighted by Gasteiger charge is -2.34. The fourth-order valence-corrected chi connectivity index (χ4v) is 3.88. The largest absolute Gasteiger partial charge is 0.586 e. The molecule has 1 aromatic carbocycles. The van der Waals surface area contributed by atoms with Crippen LogP contribution in [0.4, 0.5) is 8.78 Å². The fourth-order valence-electron chi connectivity index (χ4n) is 3.88. The molecule has 0 radical (unpaired) electrons. The molecule has 2 fully saturated rings. The molecule has 10 heteroatoms. The molecule has 1 aromatic heterocycles. The molecule has 2 amide bonds. The lowest BCUT2D eigenvalue weighted by Crippen LogP contribution is -2.50. The number of fused-ring (bicyclic) bond motifs is 1. The highest BCUT2D eigenvalue weighted by molar-refractivity contribution is 5.94. The van der Waals surface area contributed by atoms with Gasteiger partial charge in [-0.15, -0.1) is 8.78 Å². The van der Waals surface area contributed by atoms with E-state index in [1.807, 2.05) is 0 Å². The Kier molecular flexibility index (Phi) is 5.04. The van der Waals surface area contributed by atoms with Gasteiger partial charge < -0.3 is 24.4 Å². The SMILES string of the molecule is O=C(/C=C/c1ccc2c(c1)OC(F)(F)O2)N1CCN(C(=O)c2cc(C3(O)CC3)ccn2)CC1. The number of rotatable bonds is 4. The van der Waals surface area contributed by atoms with Gasteiger partial charge >= 0.3 is 6.29 Å². The van der Waals surface area contributed by atoms with Crippen molar-refractivity contribution in [3.8, 4) is 11.5 Å². The van der Waals surface area contributed by atoms with Crippen LogP contribution in [0, 0.1) is 0 Å². The number of aromatic nitrogens is 1. The van der Waals surface area contributed by atoms with Gasteiger partial charge in [-0.1, -0.05) is 6.07 Å². The van der Waals surface area contributed by atoms with Crippen LogP contribution in [-0.2, 0) is 10.4 Å². The summed E-state index contributed by atoms with van der Waals surface area (Å²) in [6, 6.07) is 7.63. The smallest absolute Gasteiger partial charge is 0.395 e. The summed E-state index contributed by atoms with van der Waals surface area (Å²) < 4.78 is 35.0. The first-order valence-corrected chi connectivity index (χ1v) is 10.6. The van der Waals surface area contributed by atoms with Gasteiger partial charge in [0.2, 0.25) is 5.91 Å². The Bertz CT molecular complexity index is 1140. The molecule has 0 bridgehead atoms. The summed E-state index contributed by atoms with van der Waals surface area (Å²) >= 11 is 0. The van der Waals surface area contributed by atoms with Crippen LogP contribution in [0.5, 0.6) is 11.5 Å². The lowest BCUT2D eigenvalue weighted by atomic mass is 10.1. The van der Waals surface area contributed by atoms with Gasteiger partial charge in [0, 0.05) is 38.5 Å². The van der Waals surface area contributed by atoms with Gasteiger partial charge in [0.05, 0.1) is 5.60 Å². The highest BCUT2D eigenvalue weighted by Crippen LogP contribution is 2.45. The van der Waals surface area contributed by atoms with E-state index in [2.05, 4.69) is 14.5 Å². The molecule has 172 valence electrons. The maximum absolute atomic E-state index is 13.1. The molecule has 5 rings (SSSR count). The molecule has 1 saturated heterocycles. The number of hydrogen-bond acceptors (Lipinski definition) is 6. The molecule has 33 heavy (non-hydrogen) atoms. The zero-order valence-corrected chi connectivity index (χ0v) is 17.5. The van der Waals surface area contributed by atoms with Crippen LogP contribution in [0.15, 0.2) is 42.6 Å². The lowest BCUT2D eigenvalue weighted by molar-refractivity contribution is -0.286. The average molecular weight is 457 g/mol. The summed E-state index contributed by atoms with van der Waals surface area (Å²) in [5.74, 6) is -0.633. The molecule has 3 heterocycles. The molecule has 1 N–H and O–H groups in total. The number of aliphatic hydroxyl groups is 1. The molecule has 0 unspecified atom stereocenters. The van der Waals surface area contributed by atoms with Gasteiger partial charge in [-0.25, -0.2) is 0 Å². The quantitative estimate of drug-likeness (QED) is 0.709. The highest BCUT2D eigenvalue weighted by Gasteiger charge is 2.43. The van der Waals surface area contributed by atoms with E-state index >= 15 is 0 Å². The van der Waals surface area contributed by atoms with Crippen molar-refractivity contribution in [3.63, 3.8) is 0 Å². The van der Waals surface area contributed by atoms with E-state index in [4.69, 9.17) is 0 Å². The number of pyridine rings is 1. The topological polar surface area (TPSA) is 92.2 Å². The third kappa shape index (κ3) is 4.38. The van der Waals surface area contributed by atoms with Crippen LogP contribution in [0.2, 0.25) is 0 Å². The van der Waals surface area contributed by atoms with Crippen molar-refractivity contribution in [3.05, 3.63) is 59.4 Å². The maximum atomic E-state index is 13.1. The molecule has 3 aliphatic rings. The van der Waals surface area contributed by atoms with E-state index in [9.17, 15) is 23.5 Å². The Hall–Kier alpha value is -3.53. The Morgan fingerprint density at radius 1 is 1.00 bits per heavy atom. The van der Waals surface area contributed by atoms with Crippen LogP contribution in [0.3, 0.4) is 0 Å². The fraction of sp³-hybridized carbons (Fsp3) is 0.348. The van der Waals surface area contributed by atoms with Crippen molar-refractivity contribution >= 4 is 17.9 Å². The van der Waals surface area contributed by atoms with Crippen molar-refractivity contribution in [2.75, 3.05) is 26.2 Å². The van der Waals surface area contributed by atoms with Crippen LogP contribution < -0.4 is 9.47 Å². The number of nitrogens with zero attached hydrogens (tertiary/aromatic N) is 3. The van der Waals surface area contributed by atoms with Crippen LogP contribution in [-0.4, -0.2) is 64.2 Å². The third-order valence-corrected chi connectivity index (χ3v) is 5.96. The maximum Gasteiger partial charge on any atom is 0.586 e. The van der Waals surface area contributed by atoms with Gasteiger partial charge in [-0.2, -0.15) is 0 Å². The number of ether oxygens (including phenoxy) is 2. The van der Waals surface area contributed by atoms with Crippen molar-refractivity contribution in [2.45, 2.75) is 24.7 Å². The second-order valence-corrected chi connectivity index (χ2v) is 8.29. The van der Waals surface area contributed by atoms with E-state index in [0.717, 1.165) is 0 Å². The predicted molar refractivity (Wildman–Crippen MR) is 112 cm³/mol. The summed E-state index contributed by atoms with van der Waals surface area (Å²) in [6.45, 7) is 1.42. The molecule has 2 aromatic rings.